The lowest BCUT2D eigenvalue weighted by atomic mass is 9.95. The molecule has 0 aliphatic carbocycles. The molecular formula is C13H18F3N3. The van der Waals surface area contributed by atoms with Gasteiger partial charge in [-0.25, -0.2) is 4.98 Å². The van der Waals surface area contributed by atoms with Crippen LogP contribution in [0.2, 0.25) is 0 Å². The lowest BCUT2D eigenvalue weighted by Crippen LogP contribution is -2.23. The first-order chi connectivity index (χ1) is 8.77. The molecule has 0 spiro atoms. The van der Waals surface area contributed by atoms with Gasteiger partial charge in [-0.2, -0.15) is 13.2 Å². The van der Waals surface area contributed by atoms with Gasteiger partial charge in [0, 0.05) is 13.1 Å². The first-order valence-electron chi connectivity index (χ1n) is 6.37. The number of aromatic nitrogens is 1. The first kappa shape index (κ1) is 14.0. The molecule has 0 radical (unpaired) electrons. The predicted molar refractivity (Wildman–Crippen MR) is 68.8 cm³/mol. The van der Waals surface area contributed by atoms with Crippen molar-refractivity contribution >= 4 is 11.6 Å². The molecule has 1 fully saturated rings. The van der Waals surface area contributed by atoms with Crippen LogP contribution < -0.4 is 10.6 Å². The Labute approximate surface area is 110 Å². The normalized spacial score (nSPS) is 20.3. The Hall–Kier alpha value is -1.46. The summed E-state index contributed by atoms with van der Waals surface area (Å²) in [5.41, 5.74) is 4.75. The second-order valence-electron chi connectivity index (χ2n) is 5.38. The van der Waals surface area contributed by atoms with Crippen LogP contribution in [-0.4, -0.2) is 18.1 Å². The number of alkyl halides is 3. The van der Waals surface area contributed by atoms with Gasteiger partial charge >= 0.3 is 6.18 Å². The van der Waals surface area contributed by atoms with Crippen LogP contribution in [0.5, 0.6) is 0 Å². The van der Waals surface area contributed by atoms with Crippen LogP contribution in [0, 0.1) is 11.8 Å². The quantitative estimate of drug-likeness (QED) is 0.900. The maximum absolute atomic E-state index is 12.7. The van der Waals surface area contributed by atoms with Crippen LogP contribution in [0.25, 0.3) is 0 Å². The molecule has 0 bridgehead atoms. The van der Waals surface area contributed by atoms with Crippen LogP contribution in [0.1, 0.15) is 25.8 Å². The first-order valence-corrected chi connectivity index (χ1v) is 6.37. The Morgan fingerprint density at radius 2 is 2.05 bits per heavy atom. The van der Waals surface area contributed by atoms with Crippen molar-refractivity contribution in [3.8, 4) is 0 Å². The van der Waals surface area contributed by atoms with Gasteiger partial charge in [0.05, 0.1) is 5.56 Å². The monoisotopic (exact) mass is 273 g/mol. The summed E-state index contributed by atoms with van der Waals surface area (Å²) in [5.74, 6) is 1.26. The van der Waals surface area contributed by atoms with Gasteiger partial charge in [0.25, 0.3) is 0 Å². The van der Waals surface area contributed by atoms with Crippen molar-refractivity contribution in [1.82, 2.24) is 4.98 Å². The molecule has 1 aliphatic rings. The second-order valence-corrected chi connectivity index (χ2v) is 5.38. The van der Waals surface area contributed by atoms with E-state index >= 15 is 0 Å². The summed E-state index contributed by atoms with van der Waals surface area (Å²) in [6.45, 7) is 5.73. The van der Waals surface area contributed by atoms with Crippen LogP contribution in [-0.2, 0) is 6.18 Å². The van der Waals surface area contributed by atoms with Crippen molar-refractivity contribution in [3.05, 3.63) is 17.7 Å². The molecule has 6 heteroatoms. The topological polar surface area (TPSA) is 42.1 Å². The van der Waals surface area contributed by atoms with Gasteiger partial charge < -0.3 is 10.6 Å². The molecule has 0 aromatic carbocycles. The van der Waals surface area contributed by atoms with Crippen LogP contribution in [0.15, 0.2) is 12.1 Å². The van der Waals surface area contributed by atoms with E-state index < -0.39 is 11.7 Å². The number of nitrogens with zero attached hydrogens (tertiary/aromatic N) is 2. The summed E-state index contributed by atoms with van der Waals surface area (Å²) in [4.78, 5) is 5.91. The van der Waals surface area contributed by atoms with Gasteiger partial charge in [-0.3, -0.25) is 0 Å². The number of nitrogens with two attached hydrogens (primary N) is 1. The smallest absolute Gasteiger partial charge is 0.384 e. The van der Waals surface area contributed by atoms with Crippen LogP contribution >= 0.6 is 0 Å². The highest BCUT2D eigenvalue weighted by Gasteiger charge is 2.33. The number of hydrogen-bond donors (Lipinski definition) is 1. The number of halogens is 3. The summed E-state index contributed by atoms with van der Waals surface area (Å²) < 4.78 is 38.2. The van der Waals surface area contributed by atoms with E-state index in [0.717, 1.165) is 31.6 Å². The summed E-state index contributed by atoms with van der Waals surface area (Å²) in [6, 6.07) is 1.96. The van der Waals surface area contributed by atoms with E-state index in [1.807, 2.05) is 4.90 Å². The molecule has 1 atom stereocenters. The molecule has 1 unspecified atom stereocenters. The van der Waals surface area contributed by atoms with E-state index in [-0.39, 0.29) is 5.82 Å². The summed E-state index contributed by atoms with van der Waals surface area (Å²) >= 11 is 0. The van der Waals surface area contributed by atoms with E-state index in [2.05, 4.69) is 18.8 Å². The third kappa shape index (κ3) is 3.11. The molecule has 1 aromatic heterocycles. The van der Waals surface area contributed by atoms with Gasteiger partial charge in [0.15, 0.2) is 0 Å². The number of rotatable bonds is 2. The summed E-state index contributed by atoms with van der Waals surface area (Å²) in [5, 5.41) is 0. The SMILES string of the molecule is CC(C)C1CCN(c2cc(C(F)(F)F)cc(N)n2)C1. The van der Waals surface area contributed by atoms with Crippen LogP contribution in [0.3, 0.4) is 0 Å². The zero-order valence-corrected chi connectivity index (χ0v) is 11.0. The highest BCUT2D eigenvalue weighted by Crippen LogP contribution is 2.34. The third-order valence-corrected chi connectivity index (χ3v) is 3.65. The van der Waals surface area contributed by atoms with Crippen molar-refractivity contribution in [1.29, 1.82) is 0 Å². The fourth-order valence-electron chi connectivity index (χ4n) is 2.40. The van der Waals surface area contributed by atoms with E-state index in [0.29, 0.717) is 17.7 Å². The van der Waals surface area contributed by atoms with Gasteiger partial charge in [-0.15, -0.1) is 0 Å². The largest absolute Gasteiger partial charge is 0.416 e. The number of nitrogen functional groups attached to an aromatic ring is 1. The third-order valence-electron chi connectivity index (χ3n) is 3.65. The van der Waals surface area contributed by atoms with Crippen molar-refractivity contribution in [2.75, 3.05) is 23.7 Å². The van der Waals surface area contributed by atoms with Gasteiger partial charge in [-0.05, 0) is 30.4 Å². The average Bonchev–Trinajstić information content (AvgIpc) is 2.76. The van der Waals surface area contributed by atoms with Crippen LogP contribution in [0.4, 0.5) is 24.8 Å². The molecule has 3 nitrogen and oxygen atoms in total. The van der Waals surface area contributed by atoms with Crippen molar-refractivity contribution in [2.24, 2.45) is 11.8 Å². The molecule has 2 heterocycles. The van der Waals surface area contributed by atoms with Crippen molar-refractivity contribution in [2.45, 2.75) is 26.4 Å². The van der Waals surface area contributed by atoms with Gasteiger partial charge in [-0.1, -0.05) is 13.8 Å². The van der Waals surface area contributed by atoms with E-state index in [1.165, 1.54) is 0 Å². The minimum absolute atomic E-state index is 0.0854. The van der Waals surface area contributed by atoms with E-state index in [9.17, 15) is 13.2 Å². The fraction of sp³-hybridized carbons (Fsp3) is 0.615. The molecular weight excluding hydrogens is 255 g/mol. The molecule has 1 saturated heterocycles. The predicted octanol–water partition coefficient (Wildman–Crippen LogP) is 3.16. The van der Waals surface area contributed by atoms with Gasteiger partial charge in [0.2, 0.25) is 0 Å². The molecule has 1 aromatic rings. The molecule has 19 heavy (non-hydrogen) atoms. The molecule has 2 rings (SSSR count). The molecule has 0 amide bonds. The lowest BCUT2D eigenvalue weighted by molar-refractivity contribution is -0.137. The van der Waals surface area contributed by atoms with Crippen molar-refractivity contribution < 1.29 is 13.2 Å². The highest BCUT2D eigenvalue weighted by molar-refractivity contribution is 5.50. The zero-order chi connectivity index (χ0) is 14.2. The number of hydrogen-bond acceptors (Lipinski definition) is 3. The van der Waals surface area contributed by atoms with E-state index in [4.69, 9.17) is 5.73 Å². The minimum atomic E-state index is -4.39. The Bertz CT molecular complexity index is 457. The lowest BCUT2D eigenvalue weighted by Gasteiger charge is -2.20. The van der Waals surface area contributed by atoms with Gasteiger partial charge in [0.1, 0.15) is 11.6 Å². The Morgan fingerprint density at radius 3 is 2.58 bits per heavy atom. The fourth-order valence-corrected chi connectivity index (χ4v) is 2.40. The highest BCUT2D eigenvalue weighted by atomic mass is 19.4. The molecule has 0 saturated carbocycles. The Kier molecular flexibility index (Phi) is 3.60. The summed E-state index contributed by atoms with van der Waals surface area (Å²) in [7, 11) is 0. The molecule has 2 N–H and O–H groups in total. The maximum atomic E-state index is 12.7. The van der Waals surface area contributed by atoms with E-state index in [1.54, 1.807) is 0 Å². The maximum Gasteiger partial charge on any atom is 0.416 e. The average molecular weight is 273 g/mol. The Balaban J connectivity index is 2.24. The molecule has 1 aliphatic heterocycles. The number of pyridine rings is 1. The minimum Gasteiger partial charge on any atom is -0.384 e. The zero-order valence-electron chi connectivity index (χ0n) is 11.0. The Morgan fingerprint density at radius 1 is 1.37 bits per heavy atom. The van der Waals surface area contributed by atoms with Crippen molar-refractivity contribution in [3.63, 3.8) is 0 Å². The number of anilines is 2. The second kappa shape index (κ2) is 4.90. The summed E-state index contributed by atoms with van der Waals surface area (Å²) in [6.07, 6.45) is -3.40. The molecule has 106 valence electrons. The standard InChI is InChI=1S/C13H18F3N3/c1-8(2)9-3-4-19(7-9)12-6-10(13(14,15)16)5-11(17)18-12/h5-6,8-9H,3-4,7H2,1-2H3,(H2,17,18).